The molecule has 1 aliphatic carbocycles. The van der Waals surface area contributed by atoms with Gasteiger partial charge in [0.2, 0.25) is 0 Å². The van der Waals surface area contributed by atoms with Crippen molar-refractivity contribution in [3.8, 4) is 5.75 Å². The molecule has 0 aliphatic heterocycles. The fourth-order valence-corrected chi connectivity index (χ4v) is 6.27. The van der Waals surface area contributed by atoms with Crippen LogP contribution in [0.2, 0.25) is 0 Å². The monoisotopic (exact) mass is 488 g/mol. The average Bonchev–Trinajstić information content (AvgIpc) is 2.88. The third-order valence-electron chi connectivity index (χ3n) is 7.40. The molecule has 3 aromatic rings. The van der Waals surface area contributed by atoms with Crippen molar-refractivity contribution >= 4 is 17.7 Å². The van der Waals surface area contributed by atoms with E-state index in [4.69, 9.17) is 9.47 Å². The van der Waals surface area contributed by atoms with Crippen molar-refractivity contribution in [2.24, 2.45) is 11.8 Å². The number of esters is 1. The summed E-state index contributed by atoms with van der Waals surface area (Å²) in [6.45, 7) is 6.86. The number of hydrogen-bond donors (Lipinski definition) is 0. The lowest BCUT2D eigenvalue weighted by molar-refractivity contribution is -0.156. The first-order chi connectivity index (χ1) is 16.9. The van der Waals surface area contributed by atoms with E-state index in [0.717, 1.165) is 35.5 Å². The van der Waals surface area contributed by atoms with Crippen LogP contribution in [0.3, 0.4) is 0 Å². The van der Waals surface area contributed by atoms with Crippen LogP contribution in [0.5, 0.6) is 5.75 Å². The molecule has 0 heterocycles. The van der Waals surface area contributed by atoms with Crippen molar-refractivity contribution in [1.29, 1.82) is 0 Å². The molecule has 0 amide bonds. The molecule has 3 aromatic carbocycles. The summed E-state index contributed by atoms with van der Waals surface area (Å²) in [4.78, 5) is 14.9. The van der Waals surface area contributed by atoms with Crippen LogP contribution in [-0.2, 0) is 14.9 Å². The van der Waals surface area contributed by atoms with E-state index in [1.165, 1.54) is 5.56 Å². The molecule has 1 aliphatic rings. The Hall–Kier alpha value is -2.72. The van der Waals surface area contributed by atoms with E-state index in [2.05, 4.69) is 51.1 Å². The Kier molecular flexibility index (Phi) is 8.22. The van der Waals surface area contributed by atoms with Crippen LogP contribution in [0.4, 0.5) is 0 Å². The molecule has 0 saturated heterocycles. The minimum Gasteiger partial charge on any atom is -0.497 e. The second-order valence-electron chi connectivity index (χ2n) is 10.2. The summed E-state index contributed by atoms with van der Waals surface area (Å²) < 4.78 is 11.8. The normalized spacial score (nSPS) is 21.2. The summed E-state index contributed by atoms with van der Waals surface area (Å²) in [6, 6.07) is 28.5. The Morgan fingerprint density at radius 1 is 0.914 bits per heavy atom. The van der Waals surface area contributed by atoms with Crippen LogP contribution in [-0.4, -0.2) is 19.2 Å². The summed E-state index contributed by atoms with van der Waals surface area (Å²) in [5.41, 5.74) is 2.13. The SMILES string of the molecule is COc1ccc(C(Sc2ccccc2)C(=O)O[C@@H]2C[C@H](C)CC[C@H]2C(C)(C)c2ccccc2)cc1. The van der Waals surface area contributed by atoms with Gasteiger partial charge in [-0.15, -0.1) is 11.8 Å². The molecular formula is C31H36O3S. The van der Waals surface area contributed by atoms with Gasteiger partial charge in [-0.3, -0.25) is 4.79 Å². The van der Waals surface area contributed by atoms with Gasteiger partial charge in [-0.25, -0.2) is 0 Å². The van der Waals surface area contributed by atoms with Crippen molar-refractivity contribution in [3.05, 3.63) is 96.1 Å². The third kappa shape index (κ3) is 6.10. The highest BCUT2D eigenvalue weighted by atomic mass is 32.2. The highest BCUT2D eigenvalue weighted by molar-refractivity contribution is 8.00. The van der Waals surface area contributed by atoms with E-state index in [-0.39, 0.29) is 23.4 Å². The minimum absolute atomic E-state index is 0.0888. The van der Waals surface area contributed by atoms with Gasteiger partial charge in [-0.2, -0.15) is 0 Å². The first-order valence-corrected chi connectivity index (χ1v) is 13.4. The molecule has 4 heteroatoms. The molecule has 0 aromatic heterocycles. The van der Waals surface area contributed by atoms with E-state index in [9.17, 15) is 4.79 Å². The summed E-state index contributed by atoms with van der Waals surface area (Å²) in [6.07, 6.45) is 3.01. The maximum absolute atomic E-state index is 13.8. The van der Waals surface area contributed by atoms with Gasteiger partial charge >= 0.3 is 5.97 Å². The average molecular weight is 489 g/mol. The summed E-state index contributed by atoms with van der Waals surface area (Å²) in [5.74, 6) is 1.41. The molecule has 3 nitrogen and oxygen atoms in total. The lowest BCUT2D eigenvalue weighted by Gasteiger charge is -2.44. The molecule has 0 radical (unpaired) electrons. The van der Waals surface area contributed by atoms with E-state index in [1.54, 1.807) is 18.9 Å². The number of rotatable bonds is 8. The van der Waals surface area contributed by atoms with Crippen LogP contribution in [0.25, 0.3) is 0 Å². The van der Waals surface area contributed by atoms with Crippen LogP contribution >= 0.6 is 11.8 Å². The Morgan fingerprint density at radius 3 is 2.17 bits per heavy atom. The van der Waals surface area contributed by atoms with Gasteiger partial charge in [-0.1, -0.05) is 87.9 Å². The smallest absolute Gasteiger partial charge is 0.324 e. The van der Waals surface area contributed by atoms with E-state index < -0.39 is 5.25 Å². The number of methoxy groups -OCH3 is 1. The zero-order chi connectivity index (χ0) is 24.8. The summed E-state index contributed by atoms with van der Waals surface area (Å²) >= 11 is 1.54. The number of thioether (sulfide) groups is 1. The topological polar surface area (TPSA) is 35.5 Å². The molecule has 0 bridgehead atoms. The maximum Gasteiger partial charge on any atom is 0.324 e. The van der Waals surface area contributed by atoms with Crippen LogP contribution in [0.15, 0.2) is 89.8 Å². The second kappa shape index (κ2) is 11.3. The van der Waals surface area contributed by atoms with Crippen molar-refractivity contribution in [2.45, 2.75) is 61.7 Å². The fraction of sp³-hybridized carbons (Fsp3) is 0.387. The predicted molar refractivity (Wildman–Crippen MR) is 144 cm³/mol. The summed E-state index contributed by atoms with van der Waals surface area (Å²) in [7, 11) is 1.65. The molecule has 0 spiro atoms. The Balaban J connectivity index is 1.61. The van der Waals surface area contributed by atoms with E-state index in [1.807, 2.05) is 54.6 Å². The molecule has 1 fully saturated rings. The van der Waals surface area contributed by atoms with Gasteiger partial charge in [0.15, 0.2) is 0 Å². The van der Waals surface area contributed by atoms with E-state index in [0.29, 0.717) is 5.92 Å². The number of ether oxygens (including phenoxy) is 2. The van der Waals surface area contributed by atoms with Gasteiger partial charge in [0, 0.05) is 10.8 Å². The lowest BCUT2D eigenvalue weighted by atomic mass is 9.64. The Morgan fingerprint density at radius 2 is 1.54 bits per heavy atom. The van der Waals surface area contributed by atoms with Crippen LogP contribution in [0.1, 0.15) is 56.4 Å². The molecule has 4 rings (SSSR count). The van der Waals surface area contributed by atoms with Gasteiger partial charge in [0.1, 0.15) is 17.1 Å². The number of carbonyl (C=O) groups is 1. The van der Waals surface area contributed by atoms with Crippen molar-refractivity contribution < 1.29 is 14.3 Å². The first kappa shape index (κ1) is 25.4. The van der Waals surface area contributed by atoms with Crippen molar-refractivity contribution in [1.82, 2.24) is 0 Å². The molecule has 0 N–H and O–H groups in total. The Bertz CT molecular complexity index is 1080. The van der Waals surface area contributed by atoms with Gasteiger partial charge < -0.3 is 9.47 Å². The minimum atomic E-state index is -0.443. The molecular weight excluding hydrogens is 452 g/mol. The highest BCUT2D eigenvalue weighted by Crippen LogP contribution is 2.45. The zero-order valence-electron chi connectivity index (χ0n) is 21.1. The zero-order valence-corrected chi connectivity index (χ0v) is 22.0. The molecule has 4 atom stereocenters. The standard InChI is InChI=1S/C31H36O3S/c1-22-15-20-27(31(2,3)24-11-7-5-8-12-24)28(21-22)34-30(32)29(35-26-13-9-6-10-14-26)23-16-18-25(33-4)19-17-23/h5-14,16-19,22,27-29H,15,20-21H2,1-4H3/t22-,27-,28-,29?/m1/s1. The quantitative estimate of drug-likeness (QED) is 0.239. The predicted octanol–water partition coefficient (Wildman–Crippen LogP) is 7.85. The third-order valence-corrected chi connectivity index (χ3v) is 8.64. The van der Waals surface area contributed by atoms with Gasteiger partial charge in [-0.05, 0) is 59.6 Å². The molecule has 184 valence electrons. The van der Waals surface area contributed by atoms with Gasteiger partial charge in [0.05, 0.1) is 7.11 Å². The number of benzene rings is 3. The summed E-state index contributed by atoms with van der Waals surface area (Å²) in [5, 5.41) is -0.443. The lowest BCUT2D eigenvalue weighted by Crippen LogP contribution is -2.44. The van der Waals surface area contributed by atoms with Crippen molar-refractivity contribution in [3.63, 3.8) is 0 Å². The number of carbonyl (C=O) groups excluding carboxylic acids is 1. The second-order valence-corrected chi connectivity index (χ2v) is 11.4. The fourth-order valence-electron chi connectivity index (χ4n) is 5.24. The van der Waals surface area contributed by atoms with Crippen molar-refractivity contribution in [2.75, 3.05) is 7.11 Å². The van der Waals surface area contributed by atoms with Crippen LogP contribution in [0, 0.1) is 11.8 Å². The molecule has 1 unspecified atom stereocenters. The largest absolute Gasteiger partial charge is 0.497 e. The molecule has 35 heavy (non-hydrogen) atoms. The number of hydrogen-bond acceptors (Lipinski definition) is 4. The van der Waals surface area contributed by atoms with Gasteiger partial charge in [0.25, 0.3) is 0 Å². The van der Waals surface area contributed by atoms with Crippen LogP contribution < -0.4 is 4.74 Å². The Labute approximate surface area is 214 Å². The molecule has 1 saturated carbocycles. The first-order valence-electron chi connectivity index (χ1n) is 12.5. The van der Waals surface area contributed by atoms with E-state index >= 15 is 0 Å². The maximum atomic E-state index is 13.8. The highest BCUT2D eigenvalue weighted by Gasteiger charge is 2.42.